The average molecular weight is 364 g/mol. The van der Waals surface area contributed by atoms with E-state index < -0.39 is 10.7 Å². The molecule has 0 amide bonds. The molecule has 3 N–H and O–H groups in total. The van der Waals surface area contributed by atoms with Gasteiger partial charge in [0, 0.05) is 18.2 Å². The van der Waals surface area contributed by atoms with Crippen LogP contribution in [0, 0.1) is 27.3 Å². The fourth-order valence-electron chi connectivity index (χ4n) is 1.77. The molecule has 0 aliphatic rings. The zero-order chi connectivity index (χ0) is 16.3. The van der Waals surface area contributed by atoms with Crippen LogP contribution < -0.4 is 10.7 Å². The lowest BCUT2D eigenvalue weighted by Gasteiger charge is -2.02. The molecule has 0 spiro atoms. The standard InChI is InChI=1S/C14H8BrFN4O2/c15-11-5-10(12(18)6-14(11)20(21)22)13(7-17)19-9-3-1-8(16)2-4-9/h1-6H,18H2/p+1. The van der Waals surface area contributed by atoms with Crippen LogP contribution in [0.25, 0.3) is 0 Å². The van der Waals surface area contributed by atoms with Crippen molar-refractivity contribution in [1.82, 2.24) is 0 Å². The zero-order valence-corrected chi connectivity index (χ0v) is 12.6. The van der Waals surface area contributed by atoms with Gasteiger partial charge in [-0.05, 0) is 34.1 Å². The summed E-state index contributed by atoms with van der Waals surface area (Å²) in [5.41, 5.74) is 6.57. The smallest absolute Gasteiger partial charge is 0.291 e. The number of anilines is 1. The number of rotatable bonds is 3. The number of halogens is 2. The van der Waals surface area contributed by atoms with E-state index in [1.807, 2.05) is 6.07 Å². The molecule has 22 heavy (non-hydrogen) atoms. The summed E-state index contributed by atoms with van der Waals surface area (Å²) in [7, 11) is 0. The summed E-state index contributed by atoms with van der Waals surface area (Å²) in [6.07, 6.45) is 0. The number of nitrogen functional groups attached to an aromatic ring is 1. The molecule has 0 atom stereocenters. The first kappa shape index (κ1) is 15.6. The third-order valence-electron chi connectivity index (χ3n) is 2.81. The number of nitro groups is 1. The SMILES string of the molecule is N#CC(=[NH+]c1ccc(F)cc1)c1cc(Br)c([N+](=O)[O-])cc1N. The van der Waals surface area contributed by atoms with Crippen LogP contribution in [0.1, 0.15) is 5.56 Å². The predicted octanol–water partition coefficient (Wildman–Crippen LogP) is 1.80. The molecule has 0 bridgehead atoms. The number of hydrogen-bond acceptors (Lipinski definition) is 4. The van der Waals surface area contributed by atoms with Crippen molar-refractivity contribution in [2.75, 3.05) is 5.73 Å². The molecule has 2 rings (SSSR count). The van der Waals surface area contributed by atoms with Crippen molar-refractivity contribution < 1.29 is 14.3 Å². The molecule has 6 nitrogen and oxygen atoms in total. The van der Waals surface area contributed by atoms with Gasteiger partial charge in [0.2, 0.25) is 5.69 Å². The summed E-state index contributed by atoms with van der Waals surface area (Å²) in [6, 6.07) is 9.91. The minimum atomic E-state index is -0.580. The van der Waals surface area contributed by atoms with Crippen molar-refractivity contribution in [1.29, 1.82) is 5.26 Å². The molecule has 0 aromatic heterocycles. The van der Waals surface area contributed by atoms with Gasteiger partial charge >= 0.3 is 0 Å². The summed E-state index contributed by atoms with van der Waals surface area (Å²) in [5.74, 6) is -0.401. The van der Waals surface area contributed by atoms with Gasteiger partial charge in [-0.15, -0.1) is 0 Å². The second-order valence-electron chi connectivity index (χ2n) is 4.27. The lowest BCUT2D eigenvalue weighted by molar-refractivity contribution is -0.385. The maximum atomic E-state index is 12.9. The van der Waals surface area contributed by atoms with E-state index >= 15 is 0 Å². The molecular formula is C14H9BrFN4O2+. The van der Waals surface area contributed by atoms with Gasteiger partial charge in [-0.2, -0.15) is 10.3 Å². The number of nitrogens with zero attached hydrogens (tertiary/aromatic N) is 2. The van der Waals surface area contributed by atoms with E-state index in [2.05, 4.69) is 20.9 Å². The summed E-state index contributed by atoms with van der Waals surface area (Å²) < 4.78 is 13.1. The van der Waals surface area contributed by atoms with Crippen LogP contribution in [-0.4, -0.2) is 10.6 Å². The molecule has 8 heteroatoms. The number of nitriles is 1. The van der Waals surface area contributed by atoms with Crippen molar-refractivity contribution in [2.45, 2.75) is 0 Å². The van der Waals surface area contributed by atoms with E-state index in [0.29, 0.717) is 11.3 Å². The van der Waals surface area contributed by atoms with Gasteiger partial charge in [-0.3, -0.25) is 10.1 Å². The Morgan fingerprint density at radius 2 is 2.00 bits per heavy atom. The average Bonchev–Trinajstić information content (AvgIpc) is 2.48. The molecule has 2 aromatic rings. The van der Waals surface area contributed by atoms with Crippen molar-refractivity contribution in [3.8, 4) is 6.07 Å². The molecule has 0 heterocycles. The first-order valence-electron chi connectivity index (χ1n) is 5.96. The number of hydrogen-bond donors (Lipinski definition) is 2. The van der Waals surface area contributed by atoms with Crippen molar-refractivity contribution in [3.63, 3.8) is 0 Å². The monoisotopic (exact) mass is 363 g/mol. The minimum Gasteiger partial charge on any atom is -0.398 e. The van der Waals surface area contributed by atoms with E-state index in [9.17, 15) is 19.8 Å². The Labute approximate surface area is 133 Å². The van der Waals surface area contributed by atoms with Crippen molar-refractivity contribution in [2.24, 2.45) is 0 Å². The number of benzene rings is 2. The molecule has 110 valence electrons. The maximum absolute atomic E-state index is 12.9. The molecule has 0 aliphatic carbocycles. The molecule has 0 saturated heterocycles. The molecule has 0 saturated carbocycles. The predicted molar refractivity (Wildman–Crippen MR) is 82.0 cm³/mol. The lowest BCUT2D eigenvalue weighted by atomic mass is 10.1. The first-order valence-corrected chi connectivity index (χ1v) is 6.75. The fraction of sp³-hybridized carbons (Fsp3) is 0. The molecular weight excluding hydrogens is 355 g/mol. The van der Waals surface area contributed by atoms with Gasteiger partial charge in [-0.1, -0.05) is 0 Å². The highest BCUT2D eigenvalue weighted by atomic mass is 79.9. The number of nitrogens with one attached hydrogen (secondary N) is 1. The second-order valence-corrected chi connectivity index (χ2v) is 5.12. The Balaban J connectivity index is 2.53. The van der Waals surface area contributed by atoms with E-state index in [0.717, 1.165) is 0 Å². The Morgan fingerprint density at radius 3 is 2.55 bits per heavy atom. The largest absolute Gasteiger partial charge is 0.398 e. The summed E-state index contributed by atoms with van der Waals surface area (Å²) >= 11 is 3.08. The van der Waals surface area contributed by atoms with Crippen LogP contribution in [0.3, 0.4) is 0 Å². The van der Waals surface area contributed by atoms with Crippen molar-refractivity contribution >= 4 is 38.7 Å². The van der Waals surface area contributed by atoms with Gasteiger partial charge in [0.1, 0.15) is 5.82 Å². The van der Waals surface area contributed by atoms with Crippen LogP contribution in [0.5, 0.6) is 0 Å². The zero-order valence-electron chi connectivity index (χ0n) is 11.0. The third-order valence-corrected chi connectivity index (χ3v) is 3.45. The molecule has 0 unspecified atom stereocenters. The van der Waals surface area contributed by atoms with Gasteiger partial charge < -0.3 is 5.73 Å². The quantitative estimate of drug-likeness (QED) is 0.375. The summed E-state index contributed by atoms with van der Waals surface area (Å²) in [6.45, 7) is 0. The molecule has 0 radical (unpaired) electrons. The normalized spacial score (nSPS) is 11.0. The van der Waals surface area contributed by atoms with E-state index in [1.165, 1.54) is 36.4 Å². The summed E-state index contributed by atoms with van der Waals surface area (Å²) in [4.78, 5) is 13.1. The highest BCUT2D eigenvalue weighted by molar-refractivity contribution is 9.10. The molecule has 2 aromatic carbocycles. The molecule has 0 aliphatic heterocycles. The number of nitrogens with two attached hydrogens (primary N) is 1. The topological polar surface area (TPSA) is 107 Å². The van der Waals surface area contributed by atoms with Crippen LogP contribution in [0.2, 0.25) is 0 Å². The van der Waals surface area contributed by atoms with Gasteiger partial charge in [-0.25, -0.2) is 4.39 Å². The number of nitro benzene ring substituents is 1. The van der Waals surface area contributed by atoms with E-state index in [-0.39, 0.29) is 21.6 Å². The third kappa shape index (κ3) is 3.27. The van der Waals surface area contributed by atoms with Crippen molar-refractivity contribution in [3.05, 3.63) is 62.4 Å². The highest BCUT2D eigenvalue weighted by Gasteiger charge is 2.21. The van der Waals surface area contributed by atoms with E-state index in [4.69, 9.17) is 5.73 Å². The minimum absolute atomic E-state index is 0.0843. The van der Waals surface area contributed by atoms with Gasteiger partial charge in [0.25, 0.3) is 11.4 Å². The van der Waals surface area contributed by atoms with Crippen LogP contribution >= 0.6 is 15.9 Å². The fourth-order valence-corrected chi connectivity index (χ4v) is 2.26. The Bertz CT molecular complexity index is 813. The van der Waals surface area contributed by atoms with Crippen LogP contribution in [0.15, 0.2) is 40.9 Å². The molecule has 0 fully saturated rings. The first-order chi connectivity index (χ1) is 10.4. The van der Waals surface area contributed by atoms with Crippen LogP contribution in [-0.2, 0) is 0 Å². The lowest BCUT2D eigenvalue weighted by Crippen LogP contribution is -2.66. The van der Waals surface area contributed by atoms with Crippen LogP contribution in [0.4, 0.5) is 21.5 Å². The van der Waals surface area contributed by atoms with E-state index in [1.54, 1.807) is 0 Å². The Kier molecular flexibility index (Phi) is 4.48. The van der Waals surface area contributed by atoms with Gasteiger partial charge in [0.15, 0.2) is 6.07 Å². The Morgan fingerprint density at radius 1 is 1.36 bits per heavy atom. The second kappa shape index (κ2) is 6.32. The Hall–Kier alpha value is -2.79. The maximum Gasteiger partial charge on any atom is 0.291 e. The van der Waals surface area contributed by atoms with Gasteiger partial charge in [0.05, 0.1) is 20.6 Å². The highest BCUT2D eigenvalue weighted by Crippen LogP contribution is 2.29. The summed E-state index contributed by atoms with van der Waals surface area (Å²) in [5, 5.41) is 20.1.